The smallest absolute Gasteiger partial charge is 0.253 e. The largest absolute Gasteiger partial charge is 0.339 e. The fraction of sp³-hybridized carbons (Fsp3) is 0.556. The third kappa shape index (κ3) is 6.50. The van der Waals surface area contributed by atoms with E-state index in [0.717, 1.165) is 34.8 Å². The number of rotatable bonds is 10. The van der Waals surface area contributed by atoms with Crippen molar-refractivity contribution in [3.63, 3.8) is 0 Å². The highest BCUT2D eigenvalue weighted by atomic mass is 127. The lowest BCUT2D eigenvalue weighted by Gasteiger charge is -2.22. The molecule has 1 aromatic carbocycles. The van der Waals surface area contributed by atoms with Gasteiger partial charge in [-0.15, -0.1) is 0 Å². The van der Waals surface area contributed by atoms with Gasteiger partial charge >= 0.3 is 0 Å². The maximum atomic E-state index is 12.5. The fourth-order valence-electron chi connectivity index (χ4n) is 2.43. The second kappa shape index (κ2) is 12.1. The molecule has 0 radical (unpaired) electrons. The normalized spacial score (nSPS) is 10.5. The molecular weight excluding hydrogens is 530 g/mol. The minimum Gasteiger partial charge on any atom is -0.339 e. The Morgan fingerprint density at radius 1 is 0.792 bits per heavy atom. The molecule has 1 rings (SSSR count). The van der Waals surface area contributed by atoms with E-state index in [9.17, 15) is 9.59 Å². The maximum Gasteiger partial charge on any atom is 0.253 e. The zero-order valence-electron chi connectivity index (χ0n) is 14.4. The number of hydrogen-bond donors (Lipinski definition) is 0. The molecule has 0 unspecified atom stereocenters. The second-order valence-corrected chi connectivity index (χ2v) is 7.59. The van der Waals surface area contributed by atoms with E-state index in [0.29, 0.717) is 24.2 Å². The zero-order chi connectivity index (χ0) is 17.9. The van der Waals surface area contributed by atoms with Crippen molar-refractivity contribution in [2.45, 2.75) is 26.7 Å². The molecule has 0 atom stereocenters. The van der Waals surface area contributed by atoms with E-state index >= 15 is 0 Å². The van der Waals surface area contributed by atoms with E-state index in [1.165, 1.54) is 0 Å². The quantitative estimate of drug-likeness (QED) is 0.320. The topological polar surface area (TPSA) is 40.6 Å². The molecule has 1 aromatic rings. The van der Waals surface area contributed by atoms with E-state index in [2.05, 4.69) is 45.2 Å². The van der Waals surface area contributed by atoms with Crippen LogP contribution in [0.4, 0.5) is 0 Å². The third-order valence-electron chi connectivity index (χ3n) is 3.84. The van der Waals surface area contributed by atoms with E-state index in [4.69, 9.17) is 0 Å². The Labute approximate surface area is 172 Å². The van der Waals surface area contributed by atoms with Crippen LogP contribution in [0.1, 0.15) is 47.4 Å². The van der Waals surface area contributed by atoms with Crippen LogP contribution in [0.25, 0.3) is 0 Å². The predicted molar refractivity (Wildman–Crippen MR) is 117 cm³/mol. The van der Waals surface area contributed by atoms with E-state index < -0.39 is 0 Å². The number of carbonyl (C=O) groups excluding carboxylic acids is 2. The zero-order valence-corrected chi connectivity index (χ0v) is 18.7. The Morgan fingerprint density at radius 2 is 1.12 bits per heavy atom. The monoisotopic (exact) mass is 556 g/mol. The van der Waals surface area contributed by atoms with E-state index in [1.54, 1.807) is 24.3 Å². The molecule has 0 aliphatic rings. The van der Waals surface area contributed by atoms with Crippen LogP contribution in [-0.4, -0.2) is 56.6 Å². The standard InChI is InChI=1S/C18H26I2N2O2/c1-3-21(13-5-11-19)17(23)15-7-9-16(10-8-15)18(24)22(4-2)14-6-12-20/h7-10H,3-6,11-14H2,1-2H3. The minimum atomic E-state index is 0.0404. The van der Waals surface area contributed by atoms with Gasteiger partial charge in [0.05, 0.1) is 0 Å². The van der Waals surface area contributed by atoms with Crippen LogP contribution in [0.2, 0.25) is 0 Å². The number of benzene rings is 1. The van der Waals surface area contributed by atoms with Crippen molar-refractivity contribution in [3.8, 4) is 0 Å². The summed E-state index contributed by atoms with van der Waals surface area (Å²) in [6, 6.07) is 7.09. The van der Waals surface area contributed by atoms with Gasteiger partial charge in [-0.1, -0.05) is 45.2 Å². The van der Waals surface area contributed by atoms with Crippen molar-refractivity contribution in [2.24, 2.45) is 0 Å². The molecular formula is C18H26I2N2O2. The average Bonchev–Trinajstić information content (AvgIpc) is 2.62. The number of alkyl halides is 2. The summed E-state index contributed by atoms with van der Waals surface area (Å²) in [4.78, 5) is 28.8. The van der Waals surface area contributed by atoms with Crippen LogP contribution in [0.3, 0.4) is 0 Å². The number of hydrogen-bond acceptors (Lipinski definition) is 2. The number of halogens is 2. The van der Waals surface area contributed by atoms with Crippen molar-refractivity contribution in [1.82, 2.24) is 9.80 Å². The molecule has 2 amide bonds. The van der Waals surface area contributed by atoms with Gasteiger partial charge in [0.25, 0.3) is 11.8 Å². The van der Waals surface area contributed by atoms with Gasteiger partial charge in [-0.05, 0) is 51.0 Å². The van der Waals surface area contributed by atoms with Gasteiger partial charge in [0.1, 0.15) is 0 Å². The Bertz CT molecular complexity index is 473. The molecule has 0 bridgehead atoms. The average molecular weight is 556 g/mol. The molecule has 4 nitrogen and oxygen atoms in total. The van der Waals surface area contributed by atoms with E-state index in [-0.39, 0.29) is 11.8 Å². The van der Waals surface area contributed by atoms with Crippen LogP contribution in [0.5, 0.6) is 0 Å². The van der Waals surface area contributed by atoms with E-state index in [1.807, 2.05) is 23.6 Å². The molecule has 6 heteroatoms. The lowest BCUT2D eigenvalue weighted by atomic mass is 10.1. The van der Waals surface area contributed by atoms with Crippen LogP contribution in [0.15, 0.2) is 24.3 Å². The van der Waals surface area contributed by atoms with Crippen LogP contribution >= 0.6 is 45.2 Å². The van der Waals surface area contributed by atoms with Crippen molar-refractivity contribution in [3.05, 3.63) is 35.4 Å². The first-order valence-electron chi connectivity index (χ1n) is 8.39. The van der Waals surface area contributed by atoms with Crippen LogP contribution in [-0.2, 0) is 0 Å². The second-order valence-electron chi connectivity index (χ2n) is 5.43. The van der Waals surface area contributed by atoms with Gasteiger partial charge in [0, 0.05) is 46.2 Å². The molecule has 0 saturated carbocycles. The summed E-state index contributed by atoms with van der Waals surface area (Å²) in [5.74, 6) is 0.0808. The highest BCUT2D eigenvalue weighted by Crippen LogP contribution is 2.11. The van der Waals surface area contributed by atoms with Gasteiger partial charge in [-0.3, -0.25) is 9.59 Å². The minimum absolute atomic E-state index is 0.0404. The maximum absolute atomic E-state index is 12.5. The highest BCUT2D eigenvalue weighted by Gasteiger charge is 2.16. The lowest BCUT2D eigenvalue weighted by Crippen LogP contribution is -2.33. The van der Waals surface area contributed by atoms with Crippen LogP contribution < -0.4 is 0 Å². The molecule has 0 heterocycles. The molecule has 0 fully saturated rings. The molecule has 0 aliphatic carbocycles. The Balaban J connectivity index is 2.80. The van der Waals surface area contributed by atoms with Crippen molar-refractivity contribution >= 4 is 57.0 Å². The molecule has 0 N–H and O–H groups in total. The molecule has 0 spiro atoms. The number of amides is 2. The Kier molecular flexibility index (Phi) is 10.9. The highest BCUT2D eigenvalue weighted by molar-refractivity contribution is 14.1. The SMILES string of the molecule is CCN(CCCI)C(=O)c1ccc(C(=O)N(CC)CCCI)cc1. The Morgan fingerprint density at radius 3 is 1.38 bits per heavy atom. The third-order valence-corrected chi connectivity index (χ3v) is 5.37. The summed E-state index contributed by atoms with van der Waals surface area (Å²) in [5.41, 5.74) is 1.30. The first-order chi connectivity index (χ1) is 11.6. The first kappa shape index (κ1) is 21.7. The molecule has 24 heavy (non-hydrogen) atoms. The summed E-state index contributed by atoms with van der Waals surface area (Å²) in [5, 5.41) is 0. The number of nitrogens with zero attached hydrogens (tertiary/aromatic N) is 2. The molecule has 0 aromatic heterocycles. The molecule has 0 aliphatic heterocycles. The molecule has 0 saturated heterocycles. The Hall–Kier alpha value is -0.380. The fourth-order valence-corrected chi connectivity index (χ4v) is 3.11. The van der Waals surface area contributed by atoms with Gasteiger partial charge in [-0.25, -0.2) is 0 Å². The van der Waals surface area contributed by atoms with Gasteiger partial charge in [0.2, 0.25) is 0 Å². The van der Waals surface area contributed by atoms with Gasteiger partial charge < -0.3 is 9.80 Å². The first-order valence-corrected chi connectivity index (χ1v) is 11.4. The summed E-state index contributed by atoms with van der Waals surface area (Å²) in [6.45, 7) is 6.95. The summed E-state index contributed by atoms with van der Waals surface area (Å²) < 4.78 is 2.08. The summed E-state index contributed by atoms with van der Waals surface area (Å²) >= 11 is 4.65. The van der Waals surface area contributed by atoms with Crippen LogP contribution in [0, 0.1) is 0 Å². The van der Waals surface area contributed by atoms with Crippen molar-refractivity contribution in [2.75, 3.05) is 35.0 Å². The lowest BCUT2D eigenvalue weighted by molar-refractivity contribution is 0.0753. The molecule has 134 valence electrons. The van der Waals surface area contributed by atoms with Gasteiger partial charge in [0.15, 0.2) is 0 Å². The van der Waals surface area contributed by atoms with Crippen molar-refractivity contribution < 1.29 is 9.59 Å². The predicted octanol–water partition coefficient (Wildman–Crippen LogP) is 4.26. The van der Waals surface area contributed by atoms with Gasteiger partial charge in [-0.2, -0.15) is 0 Å². The summed E-state index contributed by atoms with van der Waals surface area (Å²) in [6.07, 6.45) is 2.00. The van der Waals surface area contributed by atoms with Crippen molar-refractivity contribution in [1.29, 1.82) is 0 Å². The summed E-state index contributed by atoms with van der Waals surface area (Å²) in [7, 11) is 0. The number of carbonyl (C=O) groups is 2.